The monoisotopic (exact) mass is 773 g/mol. The standard InChI is InChI=1S/C27H25Cl2N7O12S2/c1-26(2,22(43)44)48-33-15(12-7-49-24(30)31-12)13(37)6-10-20(42)34-8-27(23(45)46,50-21(10)34)35-3-4-36(25(35)47)32-19(41)16(38)9-5-11(28)17(39)18(40)14(9)29/h5,7,10,21,39-40H,3-4,6,8H2,1-2H3,(H2,30,31)(H,32,41)(H,43,44)(H,45,46)/b33-15-/t10-,21-,27-/m1/s1. The highest BCUT2D eigenvalue weighted by atomic mass is 35.5. The lowest BCUT2D eigenvalue weighted by molar-refractivity contribution is -0.161. The molecule has 0 aliphatic carbocycles. The molecule has 1 aromatic carbocycles. The number of rotatable bonds is 12. The van der Waals surface area contributed by atoms with E-state index in [1.54, 1.807) is 0 Å². The van der Waals surface area contributed by atoms with E-state index in [1.807, 2.05) is 0 Å². The van der Waals surface area contributed by atoms with Crippen LogP contribution < -0.4 is 11.2 Å². The Morgan fingerprint density at radius 2 is 1.84 bits per heavy atom. The number of benzene rings is 1. The van der Waals surface area contributed by atoms with Gasteiger partial charge in [-0.25, -0.2) is 24.4 Å². The van der Waals surface area contributed by atoms with Crippen LogP contribution in [0, 0.1) is 5.92 Å². The number of phenols is 2. The number of carboxylic acid groups (broad SMARTS) is 2. The summed E-state index contributed by atoms with van der Waals surface area (Å²) >= 11 is 13.3. The zero-order valence-corrected chi connectivity index (χ0v) is 28.7. The summed E-state index contributed by atoms with van der Waals surface area (Å²) in [5, 5.41) is 43.1. The molecule has 19 nitrogen and oxygen atoms in total. The van der Waals surface area contributed by atoms with Crippen molar-refractivity contribution in [1.29, 1.82) is 0 Å². The van der Waals surface area contributed by atoms with E-state index in [0.29, 0.717) is 5.01 Å². The predicted molar refractivity (Wildman–Crippen MR) is 174 cm³/mol. The second-order valence-corrected chi connectivity index (χ2v) is 14.6. The molecule has 4 amide bonds. The number of hydrogen-bond acceptors (Lipinski definition) is 15. The maximum atomic E-state index is 13.4. The number of nitrogens with two attached hydrogens (primary N) is 1. The van der Waals surface area contributed by atoms with Crippen LogP contribution in [0.3, 0.4) is 0 Å². The number of phenolic OH excluding ortho intramolecular Hbond substituents is 2. The number of β-lactam (4-membered cyclic amide) rings is 1. The van der Waals surface area contributed by atoms with Gasteiger partial charge in [-0.2, -0.15) is 0 Å². The van der Waals surface area contributed by atoms with Gasteiger partial charge in [-0.1, -0.05) is 40.1 Å². The number of Topliss-reactive ketones (excluding diaryl/α,β-unsaturated/α-hetero) is 2. The molecule has 0 saturated carbocycles. The summed E-state index contributed by atoms with van der Waals surface area (Å²) < 4.78 is 0. The van der Waals surface area contributed by atoms with E-state index in [4.69, 9.17) is 33.8 Å². The second-order valence-electron chi connectivity index (χ2n) is 11.5. The first-order valence-corrected chi connectivity index (χ1v) is 16.6. The van der Waals surface area contributed by atoms with Crippen molar-refractivity contribution in [2.24, 2.45) is 11.1 Å². The summed E-state index contributed by atoms with van der Waals surface area (Å²) in [5.74, 6) is -9.86. The zero-order valence-electron chi connectivity index (χ0n) is 25.6. The number of oxime groups is 1. The van der Waals surface area contributed by atoms with Gasteiger partial charge >= 0.3 is 23.9 Å². The van der Waals surface area contributed by atoms with Gasteiger partial charge in [0, 0.05) is 18.3 Å². The van der Waals surface area contributed by atoms with E-state index in [1.165, 1.54) is 24.1 Å². The fraction of sp³-hybridized carbons (Fsp3) is 0.370. The van der Waals surface area contributed by atoms with Crippen LogP contribution in [-0.4, -0.2) is 123 Å². The Labute approximate surface area is 298 Å². The molecule has 3 fully saturated rings. The van der Waals surface area contributed by atoms with Gasteiger partial charge in [0.05, 0.1) is 40.0 Å². The number of ketones is 2. The lowest BCUT2D eigenvalue weighted by Gasteiger charge is -2.40. The van der Waals surface area contributed by atoms with Gasteiger partial charge in [-0.05, 0) is 19.9 Å². The number of aromatic hydroxyl groups is 2. The van der Waals surface area contributed by atoms with Crippen LogP contribution in [0.1, 0.15) is 36.3 Å². The third-order valence-electron chi connectivity index (χ3n) is 7.90. The fourth-order valence-electron chi connectivity index (χ4n) is 5.12. The Balaban J connectivity index is 1.31. The molecule has 0 unspecified atom stereocenters. The van der Waals surface area contributed by atoms with Crippen LogP contribution in [0.5, 0.6) is 11.5 Å². The van der Waals surface area contributed by atoms with E-state index < -0.39 is 109 Å². The van der Waals surface area contributed by atoms with Crippen molar-refractivity contribution in [2.45, 2.75) is 36.1 Å². The summed E-state index contributed by atoms with van der Waals surface area (Å²) in [6.45, 7) is 1.36. The van der Waals surface area contributed by atoms with E-state index in [9.17, 15) is 54.0 Å². The molecule has 3 atom stereocenters. The number of aliphatic carboxylic acids is 2. The third kappa shape index (κ3) is 6.20. The second kappa shape index (κ2) is 13.1. The molecule has 5 rings (SSSR count). The molecule has 2 aromatic rings. The van der Waals surface area contributed by atoms with Gasteiger partial charge in [-0.3, -0.25) is 29.5 Å². The van der Waals surface area contributed by atoms with Gasteiger partial charge in [-0.15, -0.1) is 11.3 Å². The highest BCUT2D eigenvalue weighted by molar-refractivity contribution is 8.02. The number of aromatic nitrogens is 1. The minimum atomic E-state index is -2.06. The number of carbonyl (C=O) groups is 7. The number of anilines is 1. The first-order valence-electron chi connectivity index (χ1n) is 14.1. The lowest BCUT2D eigenvalue weighted by Crippen LogP contribution is -2.60. The molecule has 50 heavy (non-hydrogen) atoms. The van der Waals surface area contributed by atoms with Gasteiger partial charge in [0.25, 0.3) is 5.78 Å². The smallest absolute Gasteiger partial charge is 0.350 e. The molecular formula is C27H25Cl2N7O12S2. The number of fused-ring (bicyclic) bond motifs is 1. The van der Waals surface area contributed by atoms with Gasteiger partial charge in [0.1, 0.15) is 5.69 Å². The number of amides is 4. The molecule has 0 radical (unpaired) electrons. The molecule has 266 valence electrons. The van der Waals surface area contributed by atoms with Gasteiger partial charge in [0.2, 0.25) is 16.4 Å². The molecular weight excluding hydrogens is 749 g/mol. The zero-order chi connectivity index (χ0) is 37.0. The Morgan fingerprint density at radius 1 is 1.16 bits per heavy atom. The van der Waals surface area contributed by atoms with E-state index in [0.717, 1.165) is 34.1 Å². The fourth-order valence-corrected chi connectivity index (χ4v) is 7.79. The number of thiazole rings is 1. The third-order valence-corrected chi connectivity index (χ3v) is 11.0. The highest BCUT2D eigenvalue weighted by Gasteiger charge is 2.66. The Kier molecular flexibility index (Phi) is 9.55. The molecule has 23 heteroatoms. The average Bonchev–Trinajstić information content (AvgIpc) is 3.76. The maximum Gasteiger partial charge on any atom is 0.350 e. The summed E-state index contributed by atoms with van der Waals surface area (Å²) in [5.41, 5.74) is 4.89. The number of carbonyl (C=O) groups excluding carboxylic acids is 5. The first kappa shape index (κ1) is 36.4. The van der Waals surface area contributed by atoms with Crippen molar-refractivity contribution in [3.8, 4) is 11.5 Å². The van der Waals surface area contributed by atoms with E-state index in [2.05, 4.69) is 15.6 Å². The minimum Gasteiger partial charge on any atom is -0.503 e. The number of nitrogens with one attached hydrogen (secondary N) is 1. The normalized spacial score (nSPS) is 21.9. The largest absolute Gasteiger partial charge is 0.503 e. The van der Waals surface area contributed by atoms with Crippen LogP contribution in [0.2, 0.25) is 10.0 Å². The number of halogens is 2. The molecule has 4 heterocycles. The lowest BCUT2D eigenvalue weighted by atomic mass is 9.90. The molecule has 1 aromatic heterocycles. The van der Waals surface area contributed by atoms with Crippen molar-refractivity contribution < 1.29 is 58.8 Å². The number of carboxylic acids is 2. The Hall–Kier alpha value is -4.86. The maximum absolute atomic E-state index is 13.4. The molecule has 0 bridgehead atoms. The summed E-state index contributed by atoms with van der Waals surface area (Å²) in [6.07, 6.45) is -0.506. The van der Waals surface area contributed by atoms with E-state index in [-0.39, 0.29) is 23.9 Å². The van der Waals surface area contributed by atoms with Crippen LogP contribution >= 0.6 is 46.3 Å². The summed E-state index contributed by atoms with van der Waals surface area (Å²) in [7, 11) is 0. The van der Waals surface area contributed by atoms with Crippen molar-refractivity contribution >= 4 is 98.5 Å². The summed E-state index contributed by atoms with van der Waals surface area (Å²) in [6, 6.07) is -0.198. The van der Waals surface area contributed by atoms with Crippen molar-refractivity contribution in [1.82, 2.24) is 25.2 Å². The van der Waals surface area contributed by atoms with Crippen LogP contribution in [0.15, 0.2) is 16.6 Å². The number of hydrogen-bond donors (Lipinski definition) is 6. The van der Waals surface area contributed by atoms with Crippen LogP contribution in [0.25, 0.3) is 0 Å². The molecule has 7 N–H and O–H groups in total. The minimum absolute atomic E-state index is 0.0304. The van der Waals surface area contributed by atoms with E-state index >= 15 is 0 Å². The van der Waals surface area contributed by atoms with Crippen LogP contribution in [-0.2, 0) is 28.8 Å². The molecule has 3 aliphatic rings. The van der Waals surface area contributed by atoms with Crippen molar-refractivity contribution in [3.63, 3.8) is 0 Å². The van der Waals surface area contributed by atoms with Crippen molar-refractivity contribution in [2.75, 3.05) is 25.4 Å². The number of nitrogens with zero attached hydrogens (tertiary/aromatic N) is 5. The van der Waals surface area contributed by atoms with Crippen LogP contribution in [0.4, 0.5) is 9.93 Å². The number of hydrazine groups is 1. The topological polar surface area (TPSA) is 283 Å². The first-order chi connectivity index (χ1) is 23.3. The average molecular weight is 775 g/mol. The Bertz CT molecular complexity index is 1910. The highest BCUT2D eigenvalue weighted by Crippen LogP contribution is 2.53. The van der Waals surface area contributed by atoms with Gasteiger partial charge < -0.3 is 35.9 Å². The van der Waals surface area contributed by atoms with Crippen molar-refractivity contribution in [3.05, 3.63) is 32.7 Å². The molecule has 3 saturated heterocycles. The number of nitrogen functional groups attached to an aromatic ring is 1. The quantitative estimate of drug-likeness (QED) is 0.0437. The SMILES string of the molecule is CC(C)(O/N=C(\C(=O)C[C@@H]1C(=O)N2C[C@@](C(=O)O)(N3CCN(NC(=O)C(=O)c4cc(Cl)c(O)c(O)c4Cl)C3=O)S[C@H]12)c1csc(N)n1)C(=O)O. The molecule has 3 aliphatic heterocycles. The number of urea groups is 1. The molecule has 0 spiro atoms. The predicted octanol–water partition coefficient (Wildman–Crippen LogP) is 0.950. The Morgan fingerprint density at radius 3 is 2.44 bits per heavy atom. The van der Waals surface area contributed by atoms with Gasteiger partial charge in [0.15, 0.2) is 28.1 Å². The number of thioether (sulfide) groups is 1. The summed E-state index contributed by atoms with van der Waals surface area (Å²) in [4.78, 5) is 99.0.